The minimum Gasteiger partial charge on any atom is -0.462 e. The van der Waals surface area contributed by atoms with E-state index in [1.54, 1.807) is 7.05 Å². The van der Waals surface area contributed by atoms with Crippen molar-refractivity contribution in [2.45, 2.75) is 58.3 Å². The number of amides is 1. The molecular formula is C24H31NO4. The number of hydrogen-bond donors (Lipinski definition) is 0. The summed E-state index contributed by atoms with van der Waals surface area (Å²) in [4.78, 5) is 24.6. The Kier molecular flexibility index (Phi) is 6.78. The summed E-state index contributed by atoms with van der Waals surface area (Å²) in [5.74, 6) is 1.90. The second kappa shape index (κ2) is 9.29. The molecule has 1 aliphatic heterocycles. The van der Waals surface area contributed by atoms with Gasteiger partial charge in [0.2, 0.25) is 6.41 Å². The van der Waals surface area contributed by atoms with E-state index in [1.165, 1.54) is 10.5 Å². The number of likely N-dealkylation sites (N-methyl/N-ethyl adjacent to an activating group) is 1. The van der Waals surface area contributed by atoms with E-state index in [1.807, 2.05) is 6.07 Å². The third-order valence-electron chi connectivity index (χ3n) is 5.75. The third kappa shape index (κ3) is 4.89. The van der Waals surface area contributed by atoms with E-state index in [2.05, 4.69) is 32.6 Å². The molecule has 0 unspecified atom stereocenters. The first kappa shape index (κ1) is 21.2. The van der Waals surface area contributed by atoms with Gasteiger partial charge >= 0.3 is 5.97 Å². The first-order valence-electron chi connectivity index (χ1n) is 10.5. The Balaban J connectivity index is 1.99. The van der Waals surface area contributed by atoms with Gasteiger partial charge < -0.3 is 14.4 Å². The molecule has 2 atom stereocenters. The van der Waals surface area contributed by atoms with Crippen LogP contribution in [0.4, 0.5) is 0 Å². The molecule has 2 aliphatic rings. The summed E-state index contributed by atoms with van der Waals surface area (Å²) in [6.07, 6.45) is 9.14. The highest BCUT2D eigenvalue weighted by Gasteiger charge is 2.37. The van der Waals surface area contributed by atoms with E-state index in [4.69, 9.17) is 9.47 Å². The molecule has 156 valence electrons. The van der Waals surface area contributed by atoms with Crippen molar-refractivity contribution in [2.75, 3.05) is 13.6 Å². The molecule has 1 aliphatic carbocycles. The van der Waals surface area contributed by atoms with Gasteiger partial charge in [0.1, 0.15) is 23.8 Å². The molecular weight excluding hydrogens is 366 g/mol. The molecule has 5 heteroatoms. The molecule has 0 N–H and O–H groups in total. The van der Waals surface area contributed by atoms with E-state index < -0.39 is 5.97 Å². The number of unbranched alkanes of at least 4 members (excludes halogenated alkanes) is 2. The number of carbonyl (C=O) groups excluding carboxylic acids is 2. The average Bonchev–Trinajstić information content (AvgIpc) is 2.67. The molecule has 5 nitrogen and oxygen atoms in total. The van der Waals surface area contributed by atoms with Crippen molar-refractivity contribution in [3.05, 3.63) is 47.2 Å². The van der Waals surface area contributed by atoms with Gasteiger partial charge in [-0.3, -0.25) is 4.79 Å². The summed E-state index contributed by atoms with van der Waals surface area (Å²) in [7, 11) is 1.56. The number of hydrogen-bond acceptors (Lipinski definition) is 4. The molecule has 0 spiro atoms. The van der Waals surface area contributed by atoms with Gasteiger partial charge in [0.15, 0.2) is 0 Å². The van der Waals surface area contributed by atoms with Crippen LogP contribution in [0.3, 0.4) is 0 Å². The molecule has 0 fully saturated rings. The summed E-state index contributed by atoms with van der Waals surface area (Å²) in [5.41, 5.74) is 3.34. The molecule has 0 aromatic heterocycles. The van der Waals surface area contributed by atoms with Gasteiger partial charge in [-0.25, -0.2) is 4.79 Å². The molecule has 3 rings (SSSR count). The lowest BCUT2D eigenvalue weighted by molar-refractivity contribution is -0.137. The summed E-state index contributed by atoms with van der Waals surface area (Å²) >= 11 is 0. The number of aryl methyl sites for hydroxylation is 1. The highest BCUT2D eigenvalue weighted by Crippen LogP contribution is 2.51. The Hall–Kier alpha value is -2.56. The zero-order chi connectivity index (χ0) is 21.0. The molecule has 0 saturated heterocycles. The van der Waals surface area contributed by atoms with Crippen molar-refractivity contribution in [3.8, 4) is 11.5 Å². The SMILES string of the molecule is C=C1Oc2cc(CCCCC)cc(OC(=O)CN(C)C=O)c2[C@@H]2C=C(C)CC[C@@H]12. The molecule has 0 radical (unpaired) electrons. The molecule has 29 heavy (non-hydrogen) atoms. The van der Waals surface area contributed by atoms with Crippen LogP contribution in [-0.2, 0) is 16.0 Å². The number of esters is 1. The number of allylic oxidation sites excluding steroid dienone is 3. The van der Waals surface area contributed by atoms with Crippen LogP contribution in [0.1, 0.15) is 63.0 Å². The van der Waals surface area contributed by atoms with Gasteiger partial charge in [-0.05, 0) is 50.3 Å². The summed E-state index contributed by atoms with van der Waals surface area (Å²) in [6, 6.07) is 4.04. The quantitative estimate of drug-likeness (QED) is 0.209. The van der Waals surface area contributed by atoms with Gasteiger partial charge in [0.25, 0.3) is 0 Å². The van der Waals surface area contributed by atoms with Crippen molar-refractivity contribution < 1.29 is 19.1 Å². The van der Waals surface area contributed by atoms with Crippen LogP contribution in [-0.4, -0.2) is 30.9 Å². The molecule has 0 bridgehead atoms. The minimum atomic E-state index is -0.454. The van der Waals surface area contributed by atoms with Crippen molar-refractivity contribution in [3.63, 3.8) is 0 Å². The molecule has 1 heterocycles. The zero-order valence-electron chi connectivity index (χ0n) is 17.7. The monoisotopic (exact) mass is 397 g/mol. The van der Waals surface area contributed by atoms with Gasteiger partial charge in [0, 0.05) is 24.4 Å². The van der Waals surface area contributed by atoms with E-state index in [0.29, 0.717) is 12.2 Å². The van der Waals surface area contributed by atoms with Crippen LogP contribution >= 0.6 is 0 Å². The Morgan fingerprint density at radius 1 is 1.38 bits per heavy atom. The molecule has 1 aromatic carbocycles. The third-order valence-corrected chi connectivity index (χ3v) is 5.75. The first-order chi connectivity index (χ1) is 13.9. The Morgan fingerprint density at radius 3 is 2.90 bits per heavy atom. The minimum absolute atomic E-state index is 0.0884. The van der Waals surface area contributed by atoms with Crippen LogP contribution < -0.4 is 9.47 Å². The highest BCUT2D eigenvalue weighted by molar-refractivity contribution is 5.77. The maximum absolute atomic E-state index is 12.4. The highest BCUT2D eigenvalue weighted by atomic mass is 16.5. The smallest absolute Gasteiger partial charge is 0.331 e. The van der Waals surface area contributed by atoms with Gasteiger partial charge in [-0.1, -0.05) is 38.0 Å². The van der Waals surface area contributed by atoms with Crippen LogP contribution in [0, 0.1) is 5.92 Å². The van der Waals surface area contributed by atoms with Crippen LogP contribution in [0.15, 0.2) is 36.1 Å². The Labute approximate surface area is 173 Å². The summed E-state index contributed by atoms with van der Waals surface area (Å²) in [6.45, 7) is 8.39. The zero-order valence-corrected chi connectivity index (χ0v) is 17.7. The average molecular weight is 398 g/mol. The predicted molar refractivity (Wildman–Crippen MR) is 113 cm³/mol. The number of rotatable bonds is 8. The lowest BCUT2D eigenvalue weighted by atomic mass is 9.74. The lowest BCUT2D eigenvalue weighted by Crippen LogP contribution is -2.29. The summed E-state index contributed by atoms with van der Waals surface area (Å²) in [5, 5.41) is 0. The molecule has 0 saturated carbocycles. The second-order valence-corrected chi connectivity index (χ2v) is 8.21. The Morgan fingerprint density at radius 2 is 2.17 bits per heavy atom. The van der Waals surface area contributed by atoms with Crippen LogP contribution in [0.25, 0.3) is 0 Å². The van der Waals surface area contributed by atoms with E-state index in [-0.39, 0.29) is 18.4 Å². The second-order valence-electron chi connectivity index (χ2n) is 8.21. The van der Waals surface area contributed by atoms with Crippen molar-refractivity contribution >= 4 is 12.4 Å². The fourth-order valence-electron chi connectivity index (χ4n) is 4.20. The molecule has 1 amide bonds. The lowest BCUT2D eigenvalue weighted by Gasteiger charge is -2.37. The number of fused-ring (bicyclic) bond motifs is 3. The van der Waals surface area contributed by atoms with E-state index in [0.717, 1.165) is 61.2 Å². The number of benzene rings is 1. The first-order valence-corrected chi connectivity index (χ1v) is 10.5. The Bertz CT molecular complexity index is 826. The maximum atomic E-state index is 12.4. The fourth-order valence-corrected chi connectivity index (χ4v) is 4.20. The molecule has 1 aromatic rings. The fraction of sp³-hybridized carbons (Fsp3) is 0.500. The van der Waals surface area contributed by atoms with Crippen molar-refractivity contribution in [2.24, 2.45) is 5.92 Å². The van der Waals surface area contributed by atoms with E-state index >= 15 is 0 Å². The van der Waals surface area contributed by atoms with Crippen LogP contribution in [0.2, 0.25) is 0 Å². The predicted octanol–water partition coefficient (Wildman–Crippen LogP) is 4.76. The maximum Gasteiger partial charge on any atom is 0.331 e. The van der Waals surface area contributed by atoms with Gasteiger partial charge in [0.05, 0.1) is 0 Å². The number of ether oxygens (including phenoxy) is 2. The van der Waals surface area contributed by atoms with Gasteiger partial charge in [-0.15, -0.1) is 0 Å². The summed E-state index contributed by atoms with van der Waals surface area (Å²) < 4.78 is 11.9. The van der Waals surface area contributed by atoms with E-state index in [9.17, 15) is 9.59 Å². The number of carbonyl (C=O) groups is 2. The van der Waals surface area contributed by atoms with Crippen LogP contribution in [0.5, 0.6) is 11.5 Å². The van der Waals surface area contributed by atoms with Crippen molar-refractivity contribution in [1.29, 1.82) is 0 Å². The standard InChI is InChI=1S/C24H31NO4/c1-5-6-7-8-18-12-21-24(22(13-18)29-23(27)14-25(4)15-26)20-11-16(2)9-10-19(20)17(3)28-21/h11-13,15,19-20H,3,5-10,14H2,1-2,4H3/t19-,20+/m0/s1. The van der Waals surface area contributed by atoms with Gasteiger partial charge in [-0.2, -0.15) is 0 Å². The number of nitrogens with zero attached hydrogens (tertiary/aromatic N) is 1. The topological polar surface area (TPSA) is 55.8 Å². The normalized spacial score (nSPS) is 20.1. The van der Waals surface area contributed by atoms with Crippen molar-refractivity contribution in [1.82, 2.24) is 4.90 Å². The largest absolute Gasteiger partial charge is 0.462 e.